The fraction of sp³-hybridized carbons (Fsp3) is 0.273. The second-order valence-electron chi connectivity index (χ2n) is 7.26. The lowest BCUT2D eigenvalue weighted by molar-refractivity contribution is 0.0746. The van der Waals surface area contributed by atoms with Crippen molar-refractivity contribution in [2.24, 2.45) is 0 Å². The summed E-state index contributed by atoms with van der Waals surface area (Å²) < 4.78 is 1.76. The van der Waals surface area contributed by atoms with Gasteiger partial charge in [-0.25, -0.2) is 14.6 Å². The topological polar surface area (TPSA) is 67.2 Å². The first-order valence-electron chi connectivity index (χ1n) is 10.1. The number of piperazine rings is 1. The molecule has 0 N–H and O–H groups in total. The molecule has 5 rings (SSSR count). The normalized spacial score (nSPS) is 14.4. The molecule has 0 saturated carbocycles. The number of rotatable bonds is 4. The molecule has 1 amide bonds. The SMILES string of the molecule is CCc1cc2c(N3CCN(C(=O)c4cccc(-n5cccn5)c4)CC3)ncnc2s1. The van der Waals surface area contributed by atoms with Crippen LogP contribution in [0.25, 0.3) is 15.9 Å². The van der Waals surface area contributed by atoms with E-state index in [0.29, 0.717) is 18.7 Å². The first kappa shape index (κ1) is 18.7. The number of carbonyl (C=O) groups excluding carboxylic acids is 1. The van der Waals surface area contributed by atoms with Crippen LogP contribution in [0.3, 0.4) is 0 Å². The minimum absolute atomic E-state index is 0.0558. The van der Waals surface area contributed by atoms with E-state index < -0.39 is 0 Å². The number of nitrogens with zero attached hydrogens (tertiary/aromatic N) is 6. The number of amides is 1. The van der Waals surface area contributed by atoms with Gasteiger partial charge in [0.25, 0.3) is 5.91 Å². The molecule has 0 bridgehead atoms. The van der Waals surface area contributed by atoms with Crippen LogP contribution in [0.15, 0.2) is 55.1 Å². The summed E-state index contributed by atoms with van der Waals surface area (Å²) in [6.45, 7) is 5.01. The molecule has 4 heterocycles. The zero-order valence-corrected chi connectivity index (χ0v) is 17.5. The molecule has 0 atom stereocenters. The van der Waals surface area contributed by atoms with Gasteiger partial charge in [0.1, 0.15) is 17.0 Å². The average Bonchev–Trinajstić information content (AvgIpc) is 3.48. The van der Waals surface area contributed by atoms with E-state index in [2.05, 4.69) is 33.0 Å². The van der Waals surface area contributed by atoms with Gasteiger partial charge in [-0.15, -0.1) is 11.3 Å². The van der Waals surface area contributed by atoms with Crippen LogP contribution in [0.5, 0.6) is 0 Å². The number of thiophene rings is 1. The predicted molar refractivity (Wildman–Crippen MR) is 118 cm³/mol. The van der Waals surface area contributed by atoms with Crippen LogP contribution in [0.4, 0.5) is 5.82 Å². The Bertz CT molecular complexity index is 1180. The number of hydrogen-bond donors (Lipinski definition) is 0. The Balaban J connectivity index is 1.31. The van der Waals surface area contributed by atoms with E-state index in [9.17, 15) is 4.79 Å². The van der Waals surface area contributed by atoms with Crippen molar-refractivity contribution in [1.82, 2.24) is 24.6 Å². The number of aromatic nitrogens is 4. The summed E-state index contributed by atoms with van der Waals surface area (Å²) >= 11 is 1.73. The number of fused-ring (bicyclic) bond motifs is 1. The van der Waals surface area contributed by atoms with Crippen molar-refractivity contribution >= 4 is 33.3 Å². The second kappa shape index (κ2) is 7.87. The first-order chi connectivity index (χ1) is 14.7. The Labute approximate surface area is 178 Å². The van der Waals surface area contributed by atoms with E-state index in [1.165, 1.54) is 4.88 Å². The van der Waals surface area contributed by atoms with Crippen molar-refractivity contribution in [3.05, 3.63) is 65.6 Å². The van der Waals surface area contributed by atoms with Gasteiger partial charge in [0.15, 0.2) is 0 Å². The molecule has 1 aliphatic heterocycles. The molecular formula is C22H22N6OS. The lowest BCUT2D eigenvalue weighted by atomic mass is 10.1. The summed E-state index contributed by atoms with van der Waals surface area (Å²) in [5.74, 6) is 1.03. The van der Waals surface area contributed by atoms with E-state index in [-0.39, 0.29) is 5.91 Å². The van der Waals surface area contributed by atoms with Crippen LogP contribution in [0.1, 0.15) is 22.2 Å². The zero-order valence-electron chi connectivity index (χ0n) is 16.7. The van der Waals surface area contributed by atoms with E-state index in [1.54, 1.807) is 28.5 Å². The summed E-state index contributed by atoms with van der Waals surface area (Å²) in [6.07, 6.45) is 6.25. The highest BCUT2D eigenvalue weighted by atomic mass is 32.1. The van der Waals surface area contributed by atoms with E-state index in [1.807, 2.05) is 41.4 Å². The molecule has 152 valence electrons. The lowest BCUT2D eigenvalue weighted by Gasteiger charge is -2.35. The van der Waals surface area contributed by atoms with Gasteiger partial charge in [0, 0.05) is 49.0 Å². The van der Waals surface area contributed by atoms with Crippen LogP contribution in [0.2, 0.25) is 0 Å². The monoisotopic (exact) mass is 418 g/mol. The van der Waals surface area contributed by atoms with Gasteiger partial charge in [-0.2, -0.15) is 5.10 Å². The summed E-state index contributed by atoms with van der Waals surface area (Å²) in [5.41, 5.74) is 1.57. The first-order valence-corrected chi connectivity index (χ1v) is 10.9. The quantitative estimate of drug-likeness (QED) is 0.508. The van der Waals surface area contributed by atoms with Crippen LogP contribution < -0.4 is 4.90 Å². The Kier molecular flexibility index (Phi) is 4.92. The van der Waals surface area contributed by atoms with E-state index >= 15 is 0 Å². The molecule has 0 aliphatic carbocycles. The van der Waals surface area contributed by atoms with Gasteiger partial charge in [-0.1, -0.05) is 13.0 Å². The summed E-state index contributed by atoms with van der Waals surface area (Å²) in [4.78, 5) is 28.6. The van der Waals surface area contributed by atoms with Gasteiger partial charge in [0.2, 0.25) is 0 Å². The van der Waals surface area contributed by atoms with Gasteiger partial charge < -0.3 is 9.80 Å². The minimum atomic E-state index is 0.0558. The zero-order chi connectivity index (χ0) is 20.5. The van der Waals surface area contributed by atoms with Gasteiger partial charge in [-0.05, 0) is 36.8 Å². The highest BCUT2D eigenvalue weighted by molar-refractivity contribution is 7.18. The van der Waals surface area contributed by atoms with Crippen LogP contribution in [-0.4, -0.2) is 56.7 Å². The Morgan fingerprint density at radius 2 is 1.97 bits per heavy atom. The van der Waals surface area contributed by atoms with Crippen LogP contribution in [0, 0.1) is 0 Å². The fourth-order valence-electron chi connectivity index (χ4n) is 3.83. The Hall–Kier alpha value is -3.26. The van der Waals surface area contributed by atoms with E-state index in [4.69, 9.17) is 0 Å². The van der Waals surface area contributed by atoms with Crippen molar-refractivity contribution in [3.63, 3.8) is 0 Å². The summed E-state index contributed by atoms with van der Waals surface area (Å²) in [7, 11) is 0. The maximum absolute atomic E-state index is 13.1. The molecule has 8 heteroatoms. The molecule has 0 spiro atoms. The molecule has 4 aromatic rings. The highest BCUT2D eigenvalue weighted by Gasteiger charge is 2.24. The average molecular weight is 419 g/mol. The van der Waals surface area contributed by atoms with Gasteiger partial charge in [-0.3, -0.25) is 4.79 Å². The van der Waals surface area contributed by atoms with Crippen molar-refractivity contribution in [1.29, 1.82) is 0 Å². The van der Waals surface area contributed by atoms with Crippen molar-refractivity contribution in [3.8, 4) is 5.69 Å². The van der Waals surface area contributed by atoms with Gasteiger partial charge in [0.05, 0.1) is 11.1 Å². The number of aryl methyl sites for hydroxylation is 1. The summed E-state index contributed by atoms with van der Waals surface area (Å²) in [6, 6.07) is 11.7. The standard InChI is InChI=1S/C22H22N6OS/c1-2-18-14-19-20(23-15-24-21(19)30-18)26-9-11-27(12-10-26)22(29)16-5-3-6-17(13-16)28-8-4-7-25-28/h3-8,13-15H,2,9-12H2,1H3. The third-order valence-corrected chi connectivity index (χ3v) is 6.62. The number of hydrogen-bond acceptors (Lipinski definition) is 6. The maximum Gasteiger partial charge on any atom is 0.254 e. The van der Waals surface area contributed by atoms with Crippen LogP contribution in [-0.2, 0) is 6.42 Å². The second-order valence-corrected chi connectivity index (χ2v) is 8.38. The smallest absolute Gasteiger partial charge is 0.254 e. The molecule has 30 heavy (non-hydrogen) atoms. The maximum atomic E-state index is 13.1. The third-order valence-electron chi connectivity index (χ3n) is 5.44. The molecule has 1 aliphatic rings. The number of benzene rings is 1. The minimum Gasteiger partial charge on any atom is -0.352 e. The molecule has 1 aromatic carbocycles. The highest BCUT2D eigenvalue weighted by Crippen LogP contribution is 2.31. The molecule has 7 nitrogen and oxygen atoms in total. The molecule has 1 fully saturated rings. The van der Waals surface area contributed by atoms with Crippen LogP contribution >= 0.6 is 11.3 Å². The molecule has 0 unspecified atom stereocenters. The van der Waals surface area contributed by atoms with Crippen molar-refractivity contribution < 1.29 is 4.79 Å². The molecular weight excluding hydrogens is 396 g/mol. The Morgan fingerprint density at radius 1 is 1.10 bits per heavy atom. The Morgan fingerprint density at radius 3 is 2.73 bits per heavy atom. The predicted octanol–water partition coefficient (Wildman–Crippen LogP) is 3.40. The van der Waals surface area contributed by atoms with Gasteiger partial charge >= 0.3 is 0 Å². The number of carbonyl (C=O) groups is 1. The lowest BCUT2D eigenvalue weighted by Crippen LogP contribution is -2.49. The third kappa shape index (κ3) is 3.43. The van der Waals surface area contributed by atoms with Crippen molar-refractivity contribution in [2.45, 2.75) is 13.3 Å². The summed E-state index contributed by atoms with van der Waals surface area (Å²) in [5, 5.41) is 5.37. The molecule has 1 saturated heterocycles. The fourth-order valence-corrected chi connectivity index (χ4v) is 4.76. The molecule has 0 radical (unpaired) electrons. The number of anilines is 1. The largest absolute Gasteiger partial charge is 0.352 e. The van der Waals surface area contributed by atoms with Crippen molar-refractivity contribution in [2.75, 3.05) is 31.1 Å². The van der Waals surface area contributed by atoms with E-state index in [0.717, 1.165) is 41.2 Å². The molecule has 3 aromatic heterocycles.